The van der Waals surface area contributed by atoms with Gasteiger partial charge >= 0.3 is 0 Å². The maximum atomic E-state index is 11.2. The number of ketones is 1. The average molecular weight is 162 g/mol. The predicted molar refractivity (Wildman–Crippen MR) is 45.5 cm³/mol. The summed E-state index contributed by atoms with van der Waals surface area (Å²) in [6.45, 7) is 1.85. The average Bonchev–Trinajstić information content (AvgIpc) is 2.41. The molecule has 0 saturated heterocycles. The summed E-state index contributed by atoms with van der Waals surface area (Å²) < 4.78 is 0. The van der Waals surface area contributed by atoms with Crippen LogP contribution in [0.1, 0.15) is 27.9 Å². The second-order valence-electron chi connectivity index (χ2n) is 3.18. The molecule has 0 bridgehead atoms. The molecule has 0 spiro atoms. The summed E-state index contributed by atoms with van der Waals surface area (Å²) >= 11 is 0. The second kappa shape index (κ2) is 2.34. The third-order valence-corrected chi connectivity index (χ3v) is 2.39. The number of benzene rings is 1. The molecule has 2 heteroatoms. The molecule has 0 fully saturated rings. The highest BCUT2D eigenvalue weighted by molar-refractivity contribution is 6.01. The van der Waals surface area contributed by atoms with E-state index in [9.17, 15) is 9.90 Å². The molecule has 1 aromatic rings. The first kappa shape index (κ1) is 7.35. The van der Waals surface area contributed by atoms with Crippen molar-refractivity contribution in [2.45, 2.75) is 19.8 Å². The molecule has 0 unspecified atom stereocenters. The molecule has 0 saturated carbocycles. The fraction of sp³-hybridized carbons (Fsp3) is 0.300. The second-order valence-corrected chi connectivity index (χ2v) is 3.18. The summed E-state index contributed by atoms with van der Waals surface area (Å²) in [5.74, 6) is 0.457. The summed E-state index contributed by atoms with van der Waals surface area (Å²) in [6, 6.07) is 3.59. The van der Waals surface area contributed by atoms with Gasteiger partial charge in [0.1, 0.15) is 5.75 Å². The lowest BCUT2D eigenvalue weighted by Crippen LogP contribution is -1.91. The molecular weight excluding hydrogens is 152 g/mol. The lowest BCUT2D eigenvalue weighted by Gasteiger charge is -2.03. The standard InChI is InChI=1S/C10H10O2/c1-6-2-3-7-8(10(6)12)4-5-9(7)11/h2-3,12H,4-5H2,1H3. The summed E-state index contributed by atoms with van der Waals surface area (Å²) in [6.07, 6.45) is 1.24. The van der Waals surface area contributed by atoms with Gasteiger partial charge in [0.15, 0.2) is 5.78 Å². The number of carbonyl (C=O) groups is 1. The van der Waals surface area contributed by atoms with Gasteiger partial charge in [-0.1, -0.05) is 12.1 Å². The van der Waals surface area contributed by atoms with Crippen LogP contribution in [0.5, 0.6) is 5.75 Å². The van der Waals surface area contributed by atoms with E-state index in [1.807, 2.05) is 6.92 Å². The largest absolute Gasteiger partial charge is 0.507 e. The van der Waals surface area contributed by atoms with Gasteiger partial charge in [-0.15, -0.1) is 0 Å². The molecule has 0 radical (unpaired) electrons. The molecule has 0 aromatic heterocycles. The number of hydrogen-bond acceptors (Lipinski definition) is 2. The summed E-state index contributed by atoms with van der Waals surface area (Å²) in [4.78, 5) is 11.2. The van der Waals surface area contributed by atoms with E-state index in [-0.39, 0.29) is 5.78 Å². The van der Waals surface area contributed by atoms with Gasteiger partial charge in [0, 0.05) is 17.5 Å². The summed E-state index contributed by atoms with van der Waals surface area (Å²) in [5, 5.41) is 9.58. The quantitative estimate of drug-likeness (QED) is 0.631. The van der Waals surface area contributed by atoms with Crippen molar-refractivity contribution in [1.29, 1.82) is 0 Å². The normalized spacial score (nSPS) is 14.9. The van der Waals surface area contributed by atoms with Crippen molar-refractivity contribution < 1.29 is 9.90 Å². The van der Waals surface area contributed by atoms with E-state index in [0.29, 0.717) is 24.2 Å². The van der Waals surface area contributed by atoms with Crippen LogP contribution in [0, 0.1) is 6.92 Å². The van der Waals surface area contributed by atoms with Crippen LogP contribution < -0.4 is 0 Å². The molecule has 1 N–H and O–H groups in total. The van der Waals surface area contributed by atoms with Gasteiger partial charge in [0.25, 0.3) is 0 Å². The highest BCUT2D eigenvalue weighted by Crippen LogP contribution is 2.32. The van der Waals surface area contributed by atoms with E-state index in [2.05, 4.69) is 0 Å². The topological polar surface area (TPSA) is 37.3 Å². The smallest absolute Gasteiger partial charge is 0.163 e. The van der Waals surface area contributed by atoms with Gasteiger partial charge in [-0.2, -0.15) is 0 Å². The highest BCUT2D eigenvalue weighted by atomic mass is 16.3. The predicted octanol–water partition coefficient (Wildman–Crippen LogP) is 1.83. The SMILES string of the molecule is Cc1ccc2c(c1O)CCC2=O. The molecule has 1 aliphatic carbocycles. The Morgan fingerprint density at radius 3 is 2.83 bits per heavy atom. The van der Waals surface area contributed by atoms with Crippen molar-refractivity contribution in [3.8, 4) is 5.75 Å². The zero-order valence-electron chi connectivity index (χ0n) is 6.92. The maximum absolute atomic E-state index is 11.2. The van der Waals surface area contributed by atoms with Gasteiger partial charge < -0.3 is 5.11 Å². The number of Topliss-reactive ketones (excluding diaryl/α,β-unsaturated/α-hetero) is 1. The van der Waals surface area contributed by atoms with Gasteiger partial charge in [-0.3, -0.25) is 4.79 Å². The molecule has 0 aliphatic heterocycles. The van der Waals surface area contributed by atoms with Crippen LogP contribution in [0.4, 0.5) is 0 Å². The highest BCUT2D eigenvalue weighted by Gasteiger charge is 2.22. The molecule has 12 heavy (non-hydrogen) atoms. The third kappa shape index (κ3) is 0.843. The number of carbonyl (C=O) groups excluding carboxylic acids is 1. The minimum Gasteiger partial charge on any atom is -0.507 e. The van der Waals surface area contributed by atoms with Crippen molar-refractivity contribution in [3.05, 3.63) is 28.8 Å². The Morgan fingerprint density at radius 2 is 2.08 bits per heavy atom. The number of fused-ring (bicyclic) bond motifs is 1. The lowest BCUT2D eigenvalue weighted by molar-refractivity contribution is 0.0994. The van der Waals surface area contributed by atoms with Crippen molar-refractivity contribution >= 4 is 5.78 Å². The van der Waals surface area contributed by atoms with Crippen LogP contribution in [0.3, 0.4) is 0 Å². The molecule has 0 atom stereocenters. The van der Waals surface area contributed by atoms with Crippen LogP contribution in [-0.4, -0.2) is 10.9 Å². The first-order valence-electron chi connectivity index (χ1n) is 4.05. The Hall–Kier alpha value is -1.31. The number of aryl methyl sites for hydroxylation is 1. The Bertz CT molecular complexity index is 353. The number of aromatic hydroxyl groups is 1. The minimum absolute atomic E-state index is 0.153. The number of hydrogen-bond donors (Lipinski definition) is 1. The van der Waals surface area contributed by atoms with E-state index in [4.69, 9.17) is 0 Å². The van der Waals surface area contributed by atoms with E-state index >= 15 is 0 Å². The van der Waals surface area contributed by atoms with E-state index in [1.165, 1.54) is 0 Å². The fourth-order valence-corrected chi connectivity index (χ4v) is 1.64. The van der Waals surface area contributed by atoms with Gasteiger partial charge in [-0.05, 0) is 18.9 Å². The van der Waals surface area contributed by atoms with Gasteiger partial charge in [-0.25, -0.2) is 0 Å². The van der Waals surface area contributed by atoms with Gasteiger partial charge in [0.05, 0.1) is 0 Å². The van der Waals surface area contributed by atoms with E-state index in [0.717, 1.165) is 11.1 Å². The zero-order chi connectivity index (χ0) is 8.72. The Balaban J connectivity index is 2.68. The number of phenols is 1. The molecule has 0 amide bonds. The minimum atomic E-state index is 0.153. The molecular formula is C10H10O2. The van der Waals surface area contributed by atoms with Gasteiger partial charge in [0.2, 0.25) is 0 Å². The van der Waals surface area contributed by atoms with Crippen LogP contribution in [0.25, 0.3) is 0 Å². The van der Waals surface area contributed by atoms with Crippen LogP contribution >= 0.6 is 0 Å². The first-order valence-corrected chi connectivity index (χ1v) is 4.05. The Labute approximate surface area is 70.8 Å². The number of rotatable bonds is 0. The van der Waals surface area contributed by atoms with Crippen molar-refractivity contribution in [2.24, 2.45) is 0 Å². The van der Waals surface area contributed by atoms with E-state index < -0.39 is 0 Å². The van der Waals surface area contributed by atoms with Crippen molar-refractivity contribution in [3.63, 3.8) is 0 Å². The zero-order valence-corrected chi connectivity index (χ0v) is 6.92. The van der Waals surface area contributed by atoms with Crippen LogP contribution in [-0.2, 0) is 6.42 Å². The Morgan fingerprint density at radius 1 is 1.33 bits per heavy atom. The molecule has 1 aromatic carbocycles. The first-order chi connectivity index (χ1) is 5.70. The van der Waals surface area contributed by atoms with E-state index in [1.54, 1.807) is 12.1 Å². The van der Waals surface area contributed by atoms with Crippen molar-refractivity contribution in [2.75, 3.05) is 0 Å². The molecule has 0 heterocycles. The fourth-order valence-electron chi connectivity index (χ4n) is 1.64. The number of phenolic OH excluding ortho intramolecular Hbond substituents is 1. The molecule has 2 rings (SSSR count). The molecule has 62 valence electrons. The maximum Gasteiger partial charge on any atom is 0.163 e. The van der Waals surface area contributed by atoms with Crippen LogP contribution in [0.15, 0.2) is 12.1 Å². The summed E-state index contributed by atoms with van der Waals surface area (Å²) in [7, 11) is 0. The van der Waals surface area contributed by atoms with Crippen molar-refractivity contribution in [1.82, 2.24) is 0 Å². The van der Waals surface area contributed by atoms with Crippen LogP contribution in [0.2, 0.25) is 0 Å². The Kier molecular flexibility index (Phi) is 1.43. The molecule has 2 nitrogen and oxygen atoms in total. The molecule has 1 aliphatic rings. The summed E-state index contributed by atoms with van der Waals surface area (Å²) in [5.41, 5.74) is 2.39. The third-order valence-electron chi connectivity index (χ3n) is 2.39. The monoisotopic (exact) mass is 162 g/mol. The lowest BCUT2D eigenvalue weighted by atomic mass is 10.1.